The Balaban J connectivity index is 1.44. The molecule has 0 spiro atoms. The van der Waals surface area contributed by atoms with E-state index in [0.29, 0.717) is 11.1 Å². The first kappa shape index (κ1) is 38.6. The molecule has 4 aromatic carbocycles. The van der Waals surface area contributed by atoms with Gasteiger partial charge >= 0.3 is 26.1 Å². The minimum absolute atomic E-state index is 0.00103. The minimum Gasteiger partial charge on any atom is -0.485 e. The molecular formula is C36H31F6O9P. The number of benzene rings is 4. The van der Waals surface area contributed by atoms with Gasteiger partial charge in [0.1, 0.15) is 19.3 Å². The average Bonchev–Trinajstić information content (AvgIpc) is 3.45. The van der Waals surface area contributed by atoms with Gasteiger partial charge in [0.15, 0.2) is 11.9 Å². The van der Waals surface area contributed by atoms with E-state index in [0.717, 1.165) is 36.4 Å². The van der Waals surface area contributed by atoms with E-state index < -0.39 is 80.8 Å². The molecule has 0 aromatic heterocycles. The molecule has 1 aliphatic rings. The number of hydrogen-bond acceptors (Lipinski definition) is 9. The van der Waals surface area contributed by atoms with Gasteiger partial charge in [0.25, 0.3) is 0 Å². The highest BCUT2D eigenvalue weighted by Crippen LogP contribution is 2.53. The molecule has 0 amide bonds. The molecule has 5 rings (SSSR count). The van der Waals surface area contributed by atoms with E-state index in [9.17, 15) is 40.8 Å². The first-order valence-electron chi connectivity index (χ1n) is 15.5. The first-order valence-corrected chi connectivity index (χ1v) is 17.0. The van der Waals surface area contributed by atoms with E-state index in [2.05, 4.69) is 0 Å². The smallest absolute Gasteiger partial charge is 0.475 e. The van der Waals surface area contributed by atoms with Crippen LogP contribution in [0.1, 0.15) is 33.4 Å². The zero-order valence-electron chi connectivity index (χ0n) is 27.0. The second kappa shape index (κ2) is 16.8. The van der Waals surface area contributed by atoms with Crippen LogP contribution in [0.5, 0.6) is 0 Å². The Morgan fingerprint density at radius 3 is 1.58 bits per heavy atom. The highest BCUT2D eigenvalue weighted by molar-refractivity contribution is 7.48. The lowest BCUT2D eigenvalue weighted by molar-refractivity contribution is -0.149. The van der Waals surface area contributed by atoms with Crippen molar-refractivity contribution < 1.29 is 68.6 Å². The molecule has 276 valence electrons. The van der Waals surface area contributed by atoms with Crippen LogP contribution in [0.3, 0.4) is 0 Å². The molecule has 0 radical (unpaired) electrons. The van der Waals surface area contributed by atoms with E-state index in [1.807, 2.05) is 0 Å². The number of esters is 1. The van der Waals surface area contributed by atoms with E-state index >= 15 is 0 Å². The lowest BCUT2D eigenvalue weighted by Crippen LogP contribution is -2.35. The zero-order chi connectivity index (χ0) is 37.4. The van der Waals surface area contributed by atoms with Gasteiger partial charge in [-0.05, 0) is 46.5 Å². The Kier molecular flexibility index (Phi) is 12.4. The van der Waals surface area contributed by atoms with Gasteiger partial charge in [0.05, 0.1) is 30.9 Å². The standard InChI is InChI=1S/C36H31F6O9P/c37-35(38,39)28-15-7-13-26(17-28)20-46-32-31(50-34(44)33(32)47-21-27-14-8-16-29(18-27)36(40,41)42)30(19-43)51-52(45,48-22-24-9-3-1-4-10-24)49-23-25-11-5-2-6-12-25/h1-18,30-31,43H,19-23H2. The van der Waals surface area contributed by atoms with Crippen molar-refractivity contribution in [2.45, 2.75) is 51.0 Å². The van der Waals surface area contributed by atoms with Crippen LogP contribution in [0, 0.1) is 0 Å². The normalized spacial score (nSPS) is 15.8. The minimum atomic E-state index is -4.68. The lowest BCUT2D eigenvalue weighted by atomic mass is 10.1. The lowest BCUT2D eigenvalue weighted by Gasteiger charge is -2.27. The number of cyclic esters (lactones) is 1. The molecule has 9 nitrogen and oxygen atoms in total. The number of aliphatic hydroxyl groups is 1. The summed E-state index contributed by atoms with van der Waals surface area (Å²) in [7, 11) is -4.63. The van der Waals surface area contributed by atoms with Crippen molar-refractivity contribution in [3.05, 3.63) is 154 Å². The van der Waals surface area contributed by atoms with Crippen molar-refractivity contribution in [2.24, 2.45) is 0 Å². The second-order valence-electron chi connectivity index (χ2n) is 11.3. The third-order valence-electron chi connectivity index (χ3n) is 7.43. The summed E-state index contributed by atoms with van der Waals surface area (Å²) in [5.74, 6) is -2.36. The van der Waals surface area contributed by atoms with Crippen LogP contribution in [0.15, 0.2) is 121 Å². The van der Waals surface area contributed by atoms with Crippen LogP contribution in [-0.4, -0.2) is 29.9 Å². The second-order valence-corrected chi connectivity index (χ2v) is 12.9. The molecule has 1 heterocycles. The number of hydrogen-bond donors (Lipinski definition) is 1. The Hall–Kier alpha value is -4.66. The van der Waals surface area contributed by atoms with Gasteiger partial charge in [-0.1, -0.05) is 84.9 Å². The number of ether oxygens (including phenoxy) is 3. The van der Waals surface area contributed by atoms with Crippen LogP contribution in [0.25, 0.3) is 0 Å². The number of aliphatic hydroxyl groups excluding tert-OH is 1. The molecule has 52 heavy (non-hydrogen) atoms. The van der Waals surface area contributed by atoms with E-state index in [-0.39, 0.29) is 24.3 Å². The fourth-order valence-corrected chi connectivity index (χ4v) is 6.19. The highest BCUT2D eigenvalue weighted by Gasteiger charge is 2.46. The fourth-order valence-electron chi connectivity index (χ4n) is 4.87. The maximum atomic E-state index is 14.1. The maximum Gasteiger partial charge on any atom is 0.475 e. The fraction of sp³-hybridized carbons (Fsp3) is 0.250. The molecule has 4 aromatic rings. The molecule has 0 aliphatic carbocycles. The summed E-state index contributed by atoms with van der Waals surface area (Å²) in [5, 5.41) is 10.4. The summed E-state index contributed by atoms with van der Waals surface area (Å²) >= 11 is 0. The van der Waals surface area contributed by atoms with Crippen molar-refractivity contribution in [3.8, 4) is 0 Å². The Bertz CT molecular complexity index is 1840. The largest absolute Gasteiger partial charge is 0.485 e. The van der Waals surface area contributed by atoms with E-state index in [1.165, 1.54) is 12.1 Å². The molecular weight excluding hydrogens is 721 g/mol. The summed E-state index contributed by atoms with van der Waals surface area (Å²) in [6.45, 7) is -2.71. The summed E-state index contributed by atoms with van der Waals surface area (Å²) < 4.78 is 128. The number of carbonyl (C=O) groups excluding carboxylic acids is 1. The van der Waals surface area contributed by atoms with Crippen molar-refractivity contribution >= 4 is 13.8 Å². The van der Waals surface area contributed by atoms with Crippen LogP contribution in [-0.2, 0) is 75.9 Å². The summed E-state index contributed by atoms with van der Waals surface area (Å²) in [4.78, 5) is 13.2. The van der Waals surface area contributed by atoms with Crippen molar-refractivity contribution in [1.82, 2.24) is 0 Å². The van der Waals surface area contributed by atoms with E-state index in [4.69, 9.17) is 27.8 Å². The van der Waals surface area contributed by atoms with Crippen LogP contribution >= 0.6 is 7.82 Å². The SMILES string of the molecule is O=C1OC(C(CO)OP(=O)(OCc2ccccc2)OCc2ccccc2)C(OCc2cccc(C(F)(F)F)c2)=C1OCc1cccc(C(F)(F)F)c1. The zero-order valence-corrected chi connectivity index (χ0v) is 27.9. The van der Waals surface area contributed by atoms with Crippen molar-refractivity contribution in [2.75, 3.05) is 6.61 Å². The molecule has 0 fully saturated rings. The van der Waals surface area contributed by atoms with Crippen LogP contribution < -0.4 is 0 Å². The predicted molar refractivity (Wildman–Crippen MR) is 171 cm³/mol. The van der Waals surface area contributed by atoms with Gasteiger partial charge in [-0.3, -0.25) is 13.6 Å². The van der Waals surface area contributed by atoms with Crippen LogP contribution in [0.4, 0.5) is 26.3 Å². The third kappa shape index (κ3) is 10.5. The van der Waals surface area contributed by atoms with Crippen molar-refractivity contribution in [1.29, 1.82) is 0 Å². The number of halogens is 6. The Labute approximate surface area is 293 Å². The average molecular weight is 753 g/mol. The monoisotopic (exact) mass is 752 g/mol. The van der Waals surface area contributed by atoms with Gasteiger partial charge in [0, 0.05) is 0 Å². The van der Waals surface area contributed by atoms with Gasteiger partial charge in [0.2, 0.25) is 5.76 Å². The molecule has 1 aliphatic heterocycles. The molecule has 2 atom stereocenters. The summed E-state index contributed by atoms with van der Waals surface area (Å²) in [6, 6.07) is 25.3. The molecule has 16 heteroatoms. The van der Waals surface area contributed by atoms with Gasteiger partial charge in [-0.25, -0.2) is 9.36 Å². The highest BCUT2D eigenvalue weighted by atomic mass is 31.2. The molecule has 0 bridgehead atoms. The van der Waals surface area contributed by atoms with Crippen LogP contribution in [0.2, 0.25) is 0 Å². The topological polar surface area (TPSA) is 110 Å². The molecule has 1 N–H and O–H groups in total. The predicted octanol–water partition coefficient (Wildman–Crippen LogP) is 8.51. The third-order valence-corrected chi connectivity index (χ3v) is 8.85. The van der Waals surface area contributed by atoms with Gasteiger partial charge < -0.3 is 19.3 Å². The summed E-state index contributed by atoms with van der Waals surface area (Å²) in [6.07, 6.45) is -12.8. The first-order chi connectivity index (χ1) is 24.7. The Morgan fingerprint density at radius 1 is 0.654 bits per heavy atom. The quantitative estimate of drug-likeness (QED) is 0.0685. The Morgan fingerprint density at radius 2 is 1.12 bits per heavy atom. The number of phosphoric acid groups is 1. The maximum absolute atomic E-state index is 14.1. The molecule has 0 saturated carbocycles. The summed E-state index contributed by atoms with van der Waals surface area (Å²) in [5.41, 5.74) is -0.801. The number of alkyl halides is 6. The number of phosphoric ester groups is 1. The van der Waals surface area contributed by atoms with E-state index in [1.54, 1.807) is 60.7 Å². The number of rotatable bonds is 16. The van der Waals surface area contributed by atoms with Gasteiger partial charge in [-0.2, -0.15) is 26.3 Å². The van der Waals surface area contributed by atoms with Gasteiger partial charge in [-0.15, -0.1) is 0 Å². The number of carbonyl (C=O) groups is 1. The molecule has 2 unspecified atom stereocenters. The van der Waals surface area contributed by atoms with Crippen molar-refractivity contribution in [3.63, 3.8) is 0 Å². The molecule has 0 saturated heterocycles.